The fourth-order valence-corrected chi connectivity index (χ4v) is 0.891. The van der Waals surface area contributed by atoms with Crippen LogP contribution in [0.15, 0.2) is 23.8 Å². The van der Waals surface area contributed by atoms with Crippen LogP contribution in [0.25, 0.3) is 0 Å². The maximum absolute atomic E-state index is 10.6. The van der Waals surface area contributed by atoms with Crippen LogP contribution in [0.3, 0.4) is 0 Å². The van der Waals surface area contributed by atoms with E-state index in [9.17, 15) is 9.59 Å². The summed E-state index contributed by atoms with van der Waals surface area (Å²) in [6.45, 7) is 5.50. The summed E-state index contributed by atoms with van der Waals surface area (Å²) in [4.78, 5) is 20.8. The van der Waals surface area contributed by atoms with Gasteiger partial charge in [-0.15, -0.1) is 6.58 Å². The summed E-state index contributed by atoms with van der Waals surface area (Å²) < 4.78 is 0. The van der Waals surface area contributed by atoms with E-state index < -0.39 is 18.4 Å². The van der Waals surface area contributed by atoms with Crippen LogP contribution in [0, 0.1) is 0 Å². The van der Waals surface area contributed by atoms with Crippen LogP contribution in [-0.4, -0.2) is 22.2 Å². The Morgan fingerprint density at radius 3 is 2.29 bits per heavy atom. The number of aliphatic carboxylic acids is 2. The molecule has 0 atom stereocenters. The van der Waals surface area contributed by atoms with Gasteiger partial charge >= 0.3 is 11.9 Å². The van der Waals surface area contributed by atoms with Gasteiger partial charge < -0.3 is 10.2 Å². The topological polar surface area (TPSA) is 74.6 Å². The monoisotopic (exact) mass is 198 g/mol. The Balaban J connectivity index is 4.26. The first-order chi connectivity index (χ1) is 6.43. The molecule has 0 aromatic rings. The SMILES string of the molecule is C=C(C)CCC=C(CC(=O)O)C(=O)O. The number of carbonyl (C=O) groups is 2. The zero-order chi connectivity index (χ0) is 11.1. The molecule has 78 valence electrons. The fraction of sp³-hybridized carbons (Fsp3) is 0.400. The molecule has 0 aromatic carbocycles. The molecule has 0 heterocycles. The molecule has 0 saturated heterocycles. The van der Waals surface area contributed by atoms with Crippen LogP contribution in [0.4, 0.5) is 0 Å². The number of hydrogen-bond acceptors (Lipinski definition) is 2. The first-order valence-corrected chi connectivity index (χ1v) is 4.22. The average molecular weight is 198 g/mol. The van der Waals surface area contributed by atoms with E-state index >= 15 is 0 Å². The molecule has 4 nitrogen and oxygen atoms in total. The van der Waals surface area contributed by atoms with Gasteiger partial charge in [0.25, 0.3) is 0 Å². The van der Waals surface area contributed by atoms with E-state index in [2.05, 4.69) is 6.58 Å². The number of rotatable bonds is 6. The van der Waals surface area contributed by atoms with Crippen LogP contribution >= 0.6 is 0 Å². The van der Waals surface area contributed by atoms with Gasteiger partial charge in [0.2, 0.25) is 0 Å². The van der Waals surface area contributed by atoms with E-state index in [0.717, 1.165) is 5.57 Å². The highest BCUT2D eigenvalue weighted by atomic mass is 16.4. The molecular formula is C10H14O4. The molecule has 14 heavy (non-hydrogen) atoms. The second-order valence-electron chi connectivity index (χ2n) is 3.10. The zero-order valence-corrected chi connectivity index (χ0v) is 8.12. The minimum absolute atomic E-state index is 0.0706. The van der Waals surface area contributed by atoms with Gasteiger partial charge in [-0.25, -0.2) is 4.79 Å². The molecule has 0 aliphatic heterocycles. The second-order valence-corrected chi connectivity index (χ2v) is 3.10. The molecule has 0 radical (unpaired) electrons. The summed E-state index contributed by atoms with van der Waals surface area (Å²) in [6.07, 6.45) is 2.19. The van der Waals surface area contributed by atoms with Gasteiger partial charge in [-0.1, -0.05) is 11.6 Å². The van der Waals surface area contributed by atoms with E-state index in [-0.39, 0.29) is 5.57 Å². The highest BCUT2D eigenvalue weighted by Crippen LogP contribution is 2.08. The van der Waals surface area contributed by atoms with E-state index in [1.807, 2.05) is 6.92 Å². The molecular weight excluding hydrogens is 184 g/mol. The van der Waals surface area contributed by atoms with Gasteiger partial charge in [-0.2, -0.15) is 0 Å². The molecule has 0 amide bonds. The molecule has 0 aromatic heterocycles. The predicted molar refractivity (Wildman–Crippen MR) is 52.0 cm³/mol. The van der Waals surface area contributed by atoms with Gasteiger partial charge in [0.1, 0.15) is 0 Å². The van der Waals surface area contributed by atoms with E-state index in [1.165, 1.54) is 6.08 Å². The van der Waals surface area contributed by atoms with Gasteiger partial charge in [0.05, 0.1) is 6.42 Å². The normalized spacial score (nSPS) is 11.1. The highest BCUT2D eigenvalue weighted by molar-refractivity contribution is 5.91. The zero-order valence-electron chi connectivity index (χ0n) is 8.12. The van der Waals surface area contributed by atoms with Gasteiger partial charge in [-0.3, -0.25) is 4.79 Å². The largest absolute Gasteiger partial charge is 0.481 e. The first kappa shape index (κ1) is 12.4. The summed E-state index contributed by atoms with van der Waals surface area (Å²) in [7, 11) is 0. The van der Waals surface area contributed by atoms with Crippen molar-refractivity contribution < 1.29 is 19.8 Å². The van der Waals surface area contributed by atoms with Gasteiger partial charge in [0, 0.05) is 5.57 Å². The van der Waals surface area contributed by atoms with Crippen molar-refractivity contribution in [3.8, 4) is 0 Å². The Bertz CT molecular complexity index is 276. The van der Waals surface area contributed by atoms with E-state index in [1.54, 1.807) is 0 Å². The lowest BCUT2D eigenvalue weighted by Crippen LogP contribution is -2.06. The molecule has 0 aliphatic carbocycles. The molecule has 0 aliphatic rings. The summed E-state index contributed by atoms with van der Waals surface area (Å²) >= 11 is 0. The molecule has 0 saturated carbocycles. The summed E-state index contributed by atoms with van der Waals surface area (Å²) in [5.41, 5.74) is 0.875. The maximum atomic E-state index is 10.6. The quantitative estimate of drug-likeness (QED) is 0.504. The first-order valence-electron chi connectivity index (χ1n) is 4.22. The molecule has 0 spiro atoms. The maximum Gasteiger partial charge on any atom is 0.331 e. The standard InChI is InChI=1S/C10H14O4/c1-7(2)4-3-5-8(10(13)14)6-9(11)12/h5H,1,3-4,6H2,2H3,(H,11,12)(H,13,14). The third-order valence-corrected chi connectivity index (χ3v) is 1.58. The Kier molecular flexibility index (Phi) is 5.29. The molecule has 0 unspecified atom stereocenters. The van der Waals surface area contributed by atoms with Crippen LogP contribution in [0.2, 0.25) is 0 Å². The number of carboxylic acid groups (broad SMARTS) is 2. The Hall–Kier alpha value is -1.58. The third-order valence-electron chi connectivity index (χ3n) is 1.58. The number of hydrogen-bond donors (Lipinski definition) is 2. The fourth-order valence-electron chi connectivity index (χ4n) is 0.891. The minimum Gasteiger partial charge on any atom is -0.481 e. The molecule has 0 bridgehead atoms. The smallest absolute Gasteiger partial charge is 0.331 e. The van der Waals surface area contributed by atoms with Crippen molar-refractivity contribution in [3.05, 3.63) is 23.8 Å². The summed E-state index contributed by atoms with van der Waals surface area (Å²) in [6, 6.07) is 0. The van der Waals surface area contributed by atoms with Crippen molar-refractivity contribution in [1.82, 2.24) is 0 Å². The molecule has 4 heteroatoms. The van der Waals surface area contributed by atoms with Crippen molar-refractivity contribution >= 4 is 11.9 Å². The van der Waals surface area contributed by atoms with Gasteiger partial charge in [0.15, 0.2) is 0 Å². The lowest BCUT2D eigenvalue weighted by atomic mass is 10.1. The molecule has 0 rings (SSSR count). The molecule has 2 N–H and O–H groups in total. The van der Waals surface area contributed by atoms with Crippen LogP contribution in [0.1, 0.15) is 26.2 Å². The third kappa shape index (κ3) is 5.99. The van der Waals surface area contributed by atoms with Crippen molar-refractivity contribution in [2.45, 2.75) is 26.2 Å². The van der Waals surface area contributed by atoms with E-state index in [4.69, 9.17) is 10.2 Å². The minimum atomic E-state index is -1.17. The van der Waals surface area contributed by atoms with Crippen LogP contribution < -0.4 is 0 Å². The van der Waals surface area contributed by atoms with Crippen molar-refractivity contribution in [3.63, 3.8) is 0 Å². The Labute approximate surface area is 82.6 Å². The van der Waals surface area contributed by atoms with Crippen LogP contribution in [-0.2, 0) is 9.59 Å². The van der Waals surface area contributed by atoms with Crippen molar-refractivity contribution in [2.75, 3.05) is 0 Å². The number of allylic oxidation sites excluding steroid dienone is 2. The average Bonchev–Trinajstić information content (AvgIpc) is 2.00. The highest BCUT2D eigenvalue weighted by Gasteiger charge is 2.10. The lowest BCUT2D eigenvalue weighted by Gasteiger charge is -1.98. The Morgan fingerprint density at radius 2 is 1.93 bits per heavy atom. The summed E-state index contributed by atoms with van der Waals surface area (Å²) in [5, 5.41) is 17.1. The Morgan fingerprint density at radius 1 is 1.36 bits per heavy atom. The lowest BCUT2D eigenvalue weighted by molar-refractivity contribution is -0.139. The van der Waals surface area contributed by atoms with Gasteiger partial charge in [-0.05, 0) is 19.8 Å². The molecule has 0 fully saturated rings. The van der Waals surface area contributed by atoms with Crippen molar-refractivity contribution in [2.24, 2.45) is 0 Å². The van der Waals surface area contributed by atoms with E-state index in [0.29, 0.717) is 12.8 Å². The van der Waals surface area contributed by atoms with Crippen LogP contribution in [0.5, 0.6) is 0 Å². The predicted octanol–water partition coefficient (Wildman–Crippen LogP) is 1.83. The van der Waals surface area contributed by atoms with Crippen molar-refractivity contribution in [1.29, 1.82) is 0 Å². The summed E-state index contributed by atoms with van der Waals surface area (Å²) in [5.74, 6) is -2.30. The number of carboxylic acids is 2. The second kappa shape index (κ2) is 5.96.